The number of fused-ring (bicyclic) bond motifs is 1. The molecule has 0 saturated carbocycles. The Bertz CT molecular complexity index is 1170. The van der Waals surface area contributed by atoms with Crippen LogP contribution in [-0.2, 0) is 31.3 Å². The molecule has 3 rings (SSSR count). The van der Waals surface area contributed by atoms with E-state index in [0.29, 0.717) is 18.8 Å². The molecule has 1 aromatic heterocycles. The van der Waals surface area contributed by atoms with Gasteiger partial charge in [0.2, 0.25) is 0 Å². The van der Waals surface area contributed by atoms with Crippen LogP contribution in [0, 0.1) is 0 Å². The maximum absolute atomic E-state index is 12.1. The molecule has 5 nitrogen and oxygen atoms in total. The number of carbonyl (C=O) groups is 1. The number of ether oxygens (including phenoxy) is 2. The molecular formula is C34H53NO4SeSi. The minimum atomic E-state index is -1.67. The molecule has 1 aromatic carbocycles. The summed E-state index contributed by atoms with van der Waals surface area (Å²) >= 11 is -0.000328. The first kappa shape index (κ1) is 34.0. The van der Waals surface area contributed by atoms with Crippen molar-refractivity contribution in [3.63, 3.8) is 0 Å². The molecule has 0 fully saturated rings. The summed E-state index contributed by atoms with van der Waals surface area (Å²) in [6, 6.07) is 8.66. The van der Waals surface area contributed by atoms with Gasteiger partial charge in [0.25, 0.3) is 0 Å². The van der Waals surface area contributed by atoms with E-state index in [-0.39, 0.29) is 36.8 Å². The van der Waals surface area contributed by atoms with Crippen LogP contribution in [0.2, 0.25) is 18.1 Å². The summed E-state index contributed by atoms with van der Waals surface area (Å²) in [6.45, 7) is 25.4. The summed E-state index contributed by atoms with van der Waals surface area (Å²) in [5.41, 5.74) is 4.97. The molecule has 0 radical (unpaired) electrons. The fourth-order valence-corrected chi connectivity index (χ4v) is 7.90. The SMILES string of the molecule is CCOC(=O)c1ccc([Se]c2cc3c(cc2COCCCCCO[Si](C)(C)C(C)(C)C)C(C)(C)CCC3(C)C)nc1. The molecule has 0 bridgehead atoms. The van der Waals surface area contributed by atoms with Crippen molar-refractivity contribution in [1.82, 2.24) is 4.98 Å². The van der Waals surface area contributed by atoms with Crippen LogP contribution in [0.25, 0.3) is 0 Å². The predicted molar refractivity (Wildman–Crippen MR) is 174 cm³/mol. The van der Waals surface area contributed by atoms with Crippen LogP contribution in [0.1, 0.15) is 115 Å². The van der Waals surface area contributed by atoms with Crippen LogP contribution < -0.4 is 9.05 Å². The molecule has 0 N–H and O–H groups in total. The van der Waals surface area contributed by atoms with Gasteiger partial charge in [-0.3, -0.25) is 0 Å². The first-order chi connectivity index (χ1) is 19.1. The molecule has 41 heavy (non-hydrogen) atoms. The van der Waals surface area contributed by atoms with Crippen molar-refractivity contribution in [2.45, 2.75) is 123 Å². The standard InChI is InChI=1S/C34H53NO4SeSi/c1-11-38-31(36)25-15-16-30(35-23-25)40-29-22-28-27(33(5,6)17-18-34(28,7)8)21-26(29)24-37-19-13-12-14-20-39-41(9,10)32(2,3)4/h15-16,21-23H,11-14,17-20,24H2,1-10H3. The van der Waals surface area contributed by atoms with Crippen molar-refractivity contribution < 1.29 is 18.7 Å². The van der Waals surface area contributed by atoms with Crippen LogP contribution in [0.3, 0.4) is 0 Å². The minimum absolute atomic E-state index is 0.000328. The number of unbranched alkanes of at least 4 members (excludes halogenated alkanes) is 2. The van der Waals surface area contributed by atoms with Crippen molar-refractivity contribution in [3.05, 3.63) is 52.7 Å². The molecule has 0 atom stereocenters. The number of carbonyl (C=O) groups excluding carboxylic acids is 1. The number of esters is 1. The number of aromatic nitrogens is 1. The number of rotatable bonds is 13. The van der Waals surface area contributed by atoms with Gasteiger partial charge >= 0.3 is 237 Å². The molecule has 0 spiro atoms. The van der Waals surface area contributed by atoms with Crippen LogP contribution in [0.5, 0.6) is 0 Å². The van der Waals surface area contributed by atoms with Gasteiger partial charge in [-0.1, -0.05) is 20.8 Å². The molecule has 0 unspecified atom stereocenters. The van der Waals surface area contributed by atoms with E-state index in [9.17, 15) is 4.79 Å². The molecule has 228 valence electrons. The van der Waals surface area contributed by atoms with Crippen LogP contribution in [0.4, 0.5) is 0 Å². The Hall–Kier alpha value is -1.50. The summed E-state index contributed by atoms with van der Waals surface area (Å²) < 4.78 is 20.1. The van der Waals surface area contributed by atoms with Gasteiger partial charge in [0.15, 0.2) is 0 Å². The van der Waals surface area contributed by atoms with Crippen LogP contribution >= 0.6 is 0 Å². The van der Waals surface area contributed by atoms with Gasteiger partial charge in [-0.25, -0.2) is 0 Å². The number of pyridine rings is 1. The van der Waals surface area contributed by atoms with E-state index in [2.05, 4.69) is 78.7 Å². The Morgan fingerprint density at radius 2 is 1.61 bits per heavy atom. The zero-order valence-corrected chi connectivity index (χ0v) is 30.0. The average molecular weight is 647 g/mol. The average Bonchev–Trinajstić information content (AvgIpc) is 2.88. The molecule has 2 aromatic rings. The van der Waals surface area contributed by atoms with Gasteiger partial charge in [-0.05, 0) is 0 Å². The third kappa shape index (κ3) is 9.00. The van der Waals surface area contributed by atoms with E-state index < -0.39 is 8.32 Å². The summed E-state index contributed by atoms with van der Waals surface area (Å²) in [5.74, 6) is -0.322. The monoisotopic (exact) mass is 647 g/mol. The second kappa shape index (κ2) is 13.9. The molecule has 0 saturated heterocycles. The van der Waals surface area contributed by atoms with Crippen LogP contribution in [0.15, 0.2) is 30.5 Å². The molecule has 1 aliphatic rings. The molecule has 0 amide bonds. The van der Waals surface area contributed by atoms with Crippen molar-refractivity contribution in [2.24, 2.45) is 0 Å². The zero-order valence-electron chi connectivity index (χ0n) is 27.2. The summed E-state index contributed by atoms with van der Waals surface area (Å²) in [7, 11) is -1.67. The second-order valence-corrected chi connectivity index (χ2v) is 21.2. The molecular weight excluding hydrogens is 593 g/mol. The van der Waals surface area contributed by atoms with Crippen LogP contribution in [-0.4, -0.2) is 54.0 Å². The maximum atomic E-state index is 12.1. The summed E-state index contributed by atoms with van der Waals surface area (Å²) in [4.78, 5) is 16.7. The van der Waals surface area contributed by atoms with Gasteiger partial charge in [-0.15, -0.1) is 0 Å². The second-order valence-electron chi connectivity index (χ2n) is 14.2. The van der Waals surface area contributed by atoms with Crippen molar-refractivity contribution in [2.75, 3.05) is 19.8 Å². The molecule has 1 aliphatic carbocycles. The van der Waals surface area contributed by atoms with Crippen molar-refractivity contribution in [1.29, 1.82) is 0 Å². The van der Waals surface area contributed by atoms with E-state index in [1.54, 1.807) is 6.20 Å². The Kier molecular flexibility index (Phi) is 11.5. The number of nitrogens with zero attached hydrogens (tertiary/aromatic N) is 1. The van der Waals surface area contributed by atoms with Gasteiger partial charge in [0.1, 0.15) is 0 Å². The summed E-state index contributed by atoms with van der Waals surface area (Å²) in [6.07, 6.45) is 7.26. The molecule has 7 heteroatoms. The number of benzene rings is 1. The predicted octanol–water partition coefficient (Wildman–Crippen LogP) is 6.97. The topological polar surface area (TPSA) is 57.7 Å². The van der Waals surface area contributed by atoms with Gasteiger partial charge in [-0.2, -0.15) is 0 Å². The first-order valence-corrected chi connectivity index (χ1v) is 19.9. The quantitative estimate of drug-likeness (QED) is 0.134. The normalized spacial score (nSPS) is 16.3. The zero-order chi connectivity index (χ0) is 30.5. The third-order valence-corrected chi connectivity index (χ3v) is 15.7. The Morgan fingerprint density at radius 3 is 2.20 bits per heavy atom. The Morgan fingerprint density at radius 1 is 0.976 bits per heavy atom. The Balaban J connectivity index is 1.69. The van der Waals surface area contributed by atoms with Crippen molar-refractivity contribution >= 4 is 38.3 Å². The summed E-state index contributed by atoms with van der Waals surface area (Å²) in [5, 5.41) is 0.256. The van der Waals surface area contributed by atoms with Crippen molar-refractivity contribution in [3.8, 4) is 0 Å². The van der Waals surface area contributed by atoms with E-state index in [4.69, 9.17) is 13.9 Å². The van der Waals surface area contributed by atoms with Gasteiger partial charge in [0, 0.05) is 0 Å². The fraction of sp³-hybridized carbons (Fsp3) is 0.647. The first-order valence-electron chi connectivity index (χ1n) is 15.3. The van der Waals surface area contributed by atoms with Gasteiger partial charge in [0.05, 0.1) is 0 Å². The van der Waals surface area contributed by atoms with E-state index in [0.717, 1.165) is 37.1 Å². The molecule has 1 heterocycles. The van der Waals surface area contributed by atoms with Gasteiger partial charge < -0.3 is 0 Å². The number of hydrogen-bond acceptors (Lipinski definition) is 5. The van der Waals surface area contributed by atoms with E-state index in [1.165, 1.54) is 34.0 Å². The number of hydrogen-bond donors (Lipinski definition) is 0. The van der Waals surface area contributed by atoms with E-state index in [1.807, 2.05) is 19.1 Å². The van der Waals surface area contributed by atoms with E-state index >= 15 is 0 Å². The Labute approximate surface area is 256 Å². The third-order valence-electron chi connectivity index (χ3n) is 8.96. The molecule has 0 aliphatic heterocycles. The fourth-order valence-electron chi connectivity index (χ4n) is 4.94.